The highest BCUT2D eigenvalue weighted by Crippen LogP contribution is 2.30. The van der Waals surface area contributed by atoms with Gasteiger partial charge < -0.3 is 24.6 Å². The number of carbonyl (C=O) groups is 6. The molecule has 0 heterocycles. The van der Waals surface area contributed by atoms with Crippen molar-refractivity contribution in [3.8, 4) is 0 Å². The van der Waals surface area contributed by atoms with Crippen LogP contribution in [-0.4, -0.2) is 68.3 Å². The number of carboxylic acid groups (broad SMARTS) is 1. The maximum absolute atomic E-state index is 14.6. The summed E-state index contributed by atoms with van der Waals surface area (Å²) in [6.45, 7) is 3.87. The molecule has 0 spiro atoms. The van der Waals surface area contributed by atoms with Crippen LogP contribution in [-0.2, 0) is 53.0 Å². The Kier molecular flexibility index (Phi) is 14.0. The number of alkyl halides is 1. The number of esters is 1. The predicted molar refractivity (Wildman–Crippen MR) is 181 cm³/mol. The smallest absolute Gasteiger partial charge is 0.418 e. The molecule has 49 heavy (non-hydrogen) atoms. The molecule has 3 amide bonds. The highest BCUT2D eigenvalue weighted by molar-refractivity contribution is 9.09. The van der Waals surface area contributed by atoms with Crippen LogP contribution in [0.25, 0.3) is 0 Å². The molecular weight excluding hydrogens is 700 g/mol. The van der Waals surface area contributed by atoms with E-state index >= 15 is 0 Å². The molecule has 260 valence electrons. The normalized spacial score (nSPS) is 12.8. The lowest BCUT2D eigenvalue weighted by Gasteiger charge is -2.39. The number of alkyl carbamates (subject to hydrolysis) is 1. The van der Waals surface area contributed by atoms with Gasteiger partial charge in [0.25, 0.3) is 5.91 Å². The first kappa shape index (κ1) is 38.4. The Hall–Kier alpha value is -5.04. The number of carbonyl (C=O) groups excluding carboxylic acids is 5. The highest BCUT2D eigenvalue weighted by atomic mass is 79.9. The van der Waals surface area contributed by atoms with Gasteiger partial charge in [0.15, 0.2) is 0 Å². The molecule has 13 heteroatoms. The molecular formula is C36H39BrN2O10. The zero-order valence-corrected chi connectivity index (χ0v) is 29.0. The first-order valence-electron chi connectivity index (χ1n) is 15.4. The number of ketones is 1. The van der Waals surface area contributed by atoms with E-state index in [0.29, 0.717) is 16.7 Å². The Morgan fingerprint density at radius 2 is 1.27 bits per heavy atom. The number of benzene rings is 3. The van der Waals surface area contributed by atoms with E-state index in [4.69, 9.17) is 14.2 Å². The van der Waals surface area contributed by atoms with Crippen molar-refractivity contribution in [3.63, 3.8) is 0 Å². The Morgan fingerprint density at radius 3 is 1.73 bits per heavy atom. The Bertz CT molecular complexity index is 1600. The minimum atomic E-state index is -3.08. The fraction of sp³-hybridized carbons (Fsp3) is 0.333. The number of Topliss-reactive ketones (excluding diaryl/α,β-unsaturated/α-hetero) is 1. The number of ether oxygens (including phenoxy) is 3. The quantitative estimate of drug-likeness (QED) is 0.0868. The van der Waals surface area contributed by atoms with Crippen molar-refractivity contribution in [2.24, 2.45) is 0 Å². The van der Waals surface area contributed by atoms with Crippen LogP contribution in [0.1, 0.15) is 50.3 Å². The van der Waals surface area contributed by atoms with E-state index in [-0.39, 0.29) is 23.3 Å². The molecule has 0 unspecified atom stereocenters. The summed E-state index contributed by atoms with van der Waals surface area (Å²) >= 11 is 3.02. The lowest BCUT2D eigenvalue weighted by Crippen LogP contribution is -2.68. The number of nitrogens with one attached hydrogen (secondary N) is 1. The largest absolute Gasteiger partial charge is 0.479 e. The maximum Gasteiger partial charge on any atom is 0.418 e. The van der Waals surface area contributed by atoms with Crippen LogP contribution in [0.15, 0.2) is 91.0 Å². The maximum atomic E-state index is 14.6. The molecule has 0 saturated carbocycles. The van der Waals surface area contributed by atoms with Crippen molar-refractivity contribution in [2.45, 2.75) is 70.4 Å². The van der Waals surface area contributed by atoms with Gasteiger partial charge in [0.1, 0.15) is 30.6 Å². The third-order valence-corrected chi connectivity index (χ3v) is 7.71. The van der Waals surface area contributed by atoms with Gasteiger partial charge in [-0.1, -0.05) is 107 Å². The van der Waals surface area contributed by atoms with Gasteiger partial charge in [-0.15, -0.1) is 0 Å². The molecule has 0 aromatic heterocycles. The minimum Gasteiger partial charge on any atom is -0.479 e. The second kappa shape index (κ2) is 17.9. The third kappa shape index (κ3) is 11.3. The van der Waals surface area contributed by atoms with E-state index in [1.165, 1.54) is 20.8 Å². The average Bonchev–Trinajstić information content (AvgIpc) is 3.07. The number of amides is 3. The van der Waals surface area contributed by atoms with Crippen LogP contribution in [0.5, 0.6) is 0 Å². The number of hydrogen-bond donors (Lipinski definition) is 2. The standard InChI is InChI=1S/C36H39BrN2O10/c1-35(2,3)49-32(44)36(31(42)43,20-19-28(40)22-37)39(34(46)48-24-27-17-11-6-12-18-27)30(41)29(21-25-13-7-4-8-14-25)38-33(45)47-23-26-15-9-5-10-16-26/h4-18,29H,19-24H2,1-3H3,(H,38,45)(H,42,43)/t29-,36-/m0/s1. The molecule has 2 N–H and O–H groups in total. The molecule has 0 aliphatic rings. The van der Waals surface area contributed by atoms with Crippen molar-refractivity contribution in [1.82, 2.24) is 10.2 Å². The summed E-state index contributed by atoms with van der Waals surface area (Å²) < 4.78 is 16.3. The van der Waals surface area contributed by atoms with E-state index in [9.17, 15) is 33.9 Å². The second-order valence-electron chi connectivity index (χ2n) is 12.0. The monoisotopic (exact) mass is 738 g/mol. The molecule has 3 aromatic carbocycles. The van der Waals surface area contributed by atoms with E-state index in [1.807, 2.05) is 0 Å². The van der Waals surface area contributed by atoms with Gasteiger partial charge in [0.2, 0.25) is 5.54 Å². The number of nitrogens with zero attached hydrogens (tertiary/aromatic N) is 1. The van der Waals surface area contributed by atoms with Crippen LogP contribution in [0.4, 0.5) is 9.59 Å². The molecule has 0 radical (unpaired) electrons. The van der Waals surface area contributed by atoms with Gasteiger partial charge in [-0.2, -0.15) is 0 Å². The number of rotatable bonds is 15. The van der Waals surface area contributed by atoms with Crippen LogP contribution in [0.3, 0.4) is 0 Å². The summed E-state index contributed by atoms with van der Waals surface area (Å²) in [7, 11) is 0. The van der Waals surface area contributed by atoms with E-state index in [1.54, 1.807) is 91.0 Å². The average molecular weight is 740 g/mol. The summed E-state index contributed by atoms with van der Waals surface area (Å²) in [4.78, 5) is 81.7. The number of imide groups is 1. The first-order chi connectivity index (χ1) is 23.3. The molecule has 2 atom stereocenters. The molecule has 3 aromatic rings. The topological polar surface area (TPSA) is 166 Å². The molecule has 0 bridgehead atoms. The molecule has 0 aliphatic carbocycles. The first-order valence-corrected chi connectivity index (χ1v) is 16.5. The summed E-state index contributed by atoms with van der Waals surface area (Å²) in [5.41, 5.74) is -2.68. The SMILES string of the molecule is CC(C)(C)OC(=O)[C@](CCC(=O)CBr)(C(=O)O)N(C(=O)OCc1ccccc1)C(=O)[C@H](Cc1ccccc1)NC(=O)OCc1ccccc1. The van der Waals surface area contributed by atoms with Crippen LogP contribution in [0.2, 0.25) is 0 Å². The summed E-state index contributed by atoms with van der Waals surface area (Å²) in [5, 5.41) is 13.0. The van der Waals surface area contributed by atoms with Crippen molar-refractivity contribution in [3.05, 3.63) is 108 Å². The zero-order valence-electron chi connectivity index (χ0n) is 27.4. The highest BCUT2D eigenvalue weighted by Gasteiger charge is 2.60. The van der Waals surface area contributed by atoms with Gasteiger partial charge in [-0.25, -0.2) is 24.1 Å². The van der Waals surface area contributed by atoms with Crippen molar-refractivity contribution >= 4 is 51.7 Å². The number of hydrogen-bond acceptors (Lipinski definition) is 9. The Balaban J connectivity index is 2.14. The third-order valence-electron chi connectivity index (χ3n) is 7.08. The van der Waals surface area contributed by atoms with Gasteiger partial charge in [0.05, 0.1) is 5.33 Å². The van der Waals surface area contributed by atoms with Crippen LogP contribution >= 0.6 is 15.9 Å². The van der Waals surface area contributed by atoms with Crippen LogP contribution < -0.4 is 5.32 Å². The molecule has 0 saturated heterocycles. The zero-order chi connectivity index (χ0) is 36.0. The second-order valence-corrected chi connectivity index (χ2v) is 12.6. The van der Waals surface area contributed by atoms with Crippen molar-refractivity contribution in [2.75, 3.05) is 5.33 Å². The van der Waals surface area contributed by atoms with Crippen LogP contribution in [0, 0.1) is 0 Å². The molecule has 0 fully saturated rings. The minimum absolute atomic E-state index is 0.152. The summed E-state index contributed by atoms with van der Waals surface area (Å²) in [6, 6.07) is 23.9. The fourth-order valence-electron chi connectivity index (χ4n) is 4.68. The lowest BCUT2D eigenvalue weighted by atomic mass is 9.88. The predicted octanol–water partition coefficient (Wildman–Crippen LogP) is 5.60. The van der Waals surface area contributed by atoms with Gasteiger partial charge in [-0.3, -0.25) is 9.59 Å². The van der Waals surface area contributed by atoms with E-state index in [0.717, 1.165) is 0 Å². The number of halogens is 1. The fourth-order valence-corrected chi connectivity index (χ4v) is 4.96. The number of aliphatic carboxylic acids is 1. The van der Waals surface area contributed by atoms with Crippen molar-refractivity contribution < 1.29 is 48.1 Å². The summed E-state index contributed by atoms with van der Waals surface area (Å²) in [5.74, 6) is -5.25. The Labute approximate surface area is 292 Å². The number of carboxylic acids is 1. The summed E-state index contributed by atoms with van der Waals surface area (Å²) in [6.07, 6.45) is -4.19. The van der Waals surface area contributed by atoms with E-state index in [2.05, 4.69) is 21.2 Å². The van der Waals surface area contributed by atoms with Gasteiger partial charge in [0, 0.05) is 12.8 Å². The molecule has 0 aliphatic heterocycles. The van der Waals surface area contributed by atoms with Gasteiger partial charge >= 0.3 is 24.1 Å². The Morgan fingerprint density at radius 1 is 0.776 bits per heavy atom. The lowest BCUT2D eigenvalue weighted by molar-refractivity contribution is -0.182. The molecule has 12 nitrogen and oxygen atoms in total. The van der Waals surface area contributed by atoms with Gasteiger partial charge in [-0.05, 0) is 43.9 Å². The van der Waals surface area contributed by atoms with Crippen molar-refractivity contribution in [1.29, 1.82) is 0 Å². The molecule has 3 rings (SSSR count). The van der Waals surface area contributed by atoms with E-state index < -0.39 is 72.4 Å².